The summed E-state index contributed by atoms with van der Waals surface area (Å²) < 4.78 is 5.55. The van der Waals surface area contributed by atoms with Crippen molar-refractivity contribution >= 4 is 16.9 Å². The molecule has 1 aromatic carbocycles. The molecule has 0 saturated carbocycles. The molecule has 1 fully saturated rings. The van der Waals surface area contributed by atoms with Crippen LogP contribution in [0.3, 0.4) is 0 Å². The second-order valence-corrected chi connectivity index (χ2v) is 8.37. The Hall–Kier alpha value is -2.07. The van der Waals surface area contributed by atoms with E-state index in [4.69, 9.17) is 4.42 Å². The van der Waals surface area contributed by atoms with Gasteiger partial charge in [-0.25, -0.2) is 0 Å². The van der Waals surface area contributed by atoms with E-state index in [2.05, 4.69) is 16.3 Å². The smallest absolute Gasteiger partial charge is 0.224 e. The molecule has 2 heterocycles. The minimum Gasteiger partial charge on any atom is -0.464 e. The number of amides is 1. The molecule has 0 atom stereocenters. The highest BCUT2D eigenvalue weighted by molar-refractivity contribution is 5.87. The Morgan fingerprint density at radius 1 is 1.11 bits per heavy atom. The van der Waals surface area contributed by atoms with E-state index in [0.29, 0.717) is 12.5 Å². The molecule has 1 aliphatic carbocycles. The molecule has 2 aliphatic rings. The lowest BCUT2D eigenvalue weighted by molar-refractivity contribution is -0.121. The van der Waals surface area contributed by atoms with Crippen LogP contribution in [-0.4, -0.2) is 36.5 Å². The summed E-state index contributed by atoms with van der Waals surface area (Å²) in [5.41, 5.74) is 3.46. The van der Waals surface area contributed by atoms with Gasteiger partial charge in [0.15, 0.2) is 0 Å². The number of likely N-dealkylation sites (tertiary alicyclic amines) is 1. The van der Waals surface area contributed by atoms with E-state index in [-0.39, 0.29) is 5.91 Å². The fourth-order valence-corrected chi connectivity index (χ4v) is 4.55. The largest absolute Gasteiger partial charge is 0.464 e. The lowest BCUT2D eigenvalue weighted by Crippen LogP contribution is -2.45. The van der Waals surface area contributed by atoms with Crippen molar-refractivity contribution in [3.63, 3.8) is 0 Å². The minimum absolute atomic E-state index is 0.104. The van der Waals surface area contributed by atoms with Gasteiger partial charge >= 0.3 is 0 Å². The van der Waals surface area contributed by atoms with E-state index in [9.17, 15) is 4.79 Å². The van der Waals surface area contributed by atoms with Gasteiger partial charge in [-0.1, -0.05) is 42.7 Å². The number of nitrogens with zero attached hydrogens (tertiary/aromatic N) is 1. The first kappa shape index (κ1) is 19.3. The molecule has 4 heteroatoms. The standard InChI is InChI=1S/C24H32N2O2/c27-24(16-20-18-28-23-11-7-6-10-22(20)23)25-21-12-14-26(15-13-21)17-19-8-4-2-1-3-5-9-19/h6-8,10-11,18,21H,1-5,9,12-17H2,(H,25,27). The maximum Gasteiger partial charge on any atom is 0.224 e. The highest BCUT2D eigenvalue weighted by atomic mass is 16.3. The summed E-state index contributed by atoms with van der Waals surface area (Å²) in [5.74, 6) is 0.104. The SMILES string of the molecule is O=C(Cc1coc2ccccc12)NC1CCN(CC2=CCCCCCC2)CC1. The van der Waals surface area contributed by atoms with Crippen LogP contribution in [0.15, 0.2) is 46.6 Å². The van der Waals surface area contributed by atoms with Crippen LogP contribution in [-0.2, 0) is 11.2 Å². The van der Waals surface area contributed by atoms with Gasteiger partial charge in [0.2, 0.25) is 5.91 Å². The molecule has 1 aromatic heterocycles. The summed E-state index contributed by atoms with van der Waals surface area (Å²) in [5, 5.41) is 4.28. The predicted octanol–water partition coefficient (Wildman–Crippen LogP) is 4.84. The summed E-state index contributed by atoms with van der Waals surface area (Å²) in [6.07, 6.45) is 14.7. The second kappa shape index (κ2) is 9.42. The summed E-state index contributed by atoms with van der Waals surface area (Å²) in [7, 11) is 0. The number of benzene rings is 1. The van der Waals surface area contributed by atoms with Gasteiger partial charge in [0, 0.05) is 36.6 Å². The van der Waals surface area contributed by atoms with Crippen LogP contribution in [0.4, 0.5) is 0 Å². The van der Waals surface area contributed by atoms with E-state index in [1.54, 1.807) is 11.8 Å². The molecule has 1 aliphatic heterocycles. The molecule has 1 saturated heterocycles. The van der Waals surface area contributed by atoms with Gasteiger partial charge in [-0.15, -0.1) is 0 Å². The Morgan fingerprint density at radius 2 is 1.93 bits per heavy atom. The van der Waals surface area contributed by atoms with Crippen LogP contribution in [0.1, 0.15) is 56.9 Å². The zero-order chi connectivity index (χ0) is 19.2. The van der Waals surface area contributed by atoms with Gasteiger partial charge in [0.25, 0.3) is 0 Å². The fraction of sp³-hybridized carbons (Fsp3) is 0.542. The third kappa shape index (κ3) is 5.05. The molecule has 4 nitrogen and oxygen atoms in total. The summed E-state index contributed by atoms with van der Waals surface area (Å²) >= 11 is 0. The fourth-order valence-electron chi connectivity index (χ4n) is 4.55. The number of allylic oxidation sites excluding steroid dienone is 1. The third-order valence-electron chi connectivity index (χ3n) is 6.18. The lowest BCUT2D eigenvalue weighted by Gasteiger charge is -2.33. The maximum absolute atomic E-state index is 12.5. The van der Waals surface area contributed by atoms with Crippen molar-refractivity contribution < 1.29 is 9.21 Å². The highest BCUT2D eigenvalue weighted by Crippen LogP contribution is 2.22. The van der Waals surface area contributed by atoms with E-state index < -0.39 is 0 Å². The van der Waals surface area contributed by atoms with Crippen molar-refractivity contribution in [1.29, 1.82) is 0 Å². The van der Waals surface area contributed by atoms with Gasteiger partial charge in [0.1, 0.15) is 5.58 Å². The van der Waals surface area contributed by atoms with Gasteiger partial charge in [-0.2, -0.15) is 0 Å². The van der Waals surface area contributed by atoms with Crippen molar-refractivity contribution in [2.45, 2.75) is 63.8 Å². The Morgan fingerprint density at radius 3 is 2.82 bits per heavy atom. The summed E-state index contributed by atoms with van der Waals surface area (Å²) in [6.45, 7) is 3.29. The number of carbonyl (C=O) groups excluding carboxylic acids is 1. The highest BCUT2D eigenvalue weighted by Gasteiger charge is 2.22. The number of hydrogen-bond acceptors (Lipinski definition) is 3. The quantitative estimate of drug-likeness (QED) is 0.755. The first-order valence-corrected chi connectivity index (χ1v) is 10.9. The molecule has 0 spiro atoms. The Kier molecular flexibility index (Phi) is 6.48. The summed E-state index contributed by atoms with van der Waals surface area (Å²) in [4.78, 5) is 15.1. The zero-order valence-corrected chi connectivity index (χ0v) is 16.8. The maximum atomic E-state index is 12.5. The lowest BCUT2D eigenvalue weighted by atomic mass is 9.98. The topological polar surface area (TPSA) is 45.5 Å². The van der Waals surface area contributed by atoms with Crippen molar-refractivity contribution in [3.8, 4) is 0 Å². The van der Waals surface area contributed by atoms with E-state index >= 15 is 0 Å². The van der Waals surface area contributed by atoms with Crippen LogP contribution in [0.2, 0.25) is 0 Å². The van der Waals surface area contributed by atoms with Gasteiger partial charge in [-0.05, 0) is 44.6 Å². The molecule has 2 aromatic rings. The van der Waals surface area contributed by atoms with Crippen molar-refractivity contribution in [2.75, 3.05) is 19.6 Å². The van der Waals surface area contributed by atoms with Crippen molar-refractivity contribution in [3.05, 3.63) is 47.7 Å². The zero-order valence-electron chi connectivity index (χ0n) is 16.8. The van der Waals surface area contributed by atoms with Crippen LogP contribution in [0, 0.1) is 0 Å². The Bertz CT molecular complexity index is 815. The van der Waals surface area contributed by atoms with Crippen molar-refractivity contribution in [2.24, 2.45) is 0 Å². The summed E-state index contributed by atoms with van der Waals surface area (Å²) in [6, 6.07) is 8.20. The van der Waals surface area contributed by atoms with Crippen LogP contribution in [0.5, 0.6) is 0 Å². The monoisotopic (exact) mass is 380 g/mol. The molecule has 0 bridgehead atoms. The van der Waals surface area contributed by atoms with Crippen LogP contribution in [0.25, 0.3) is 11.0 Å². The van der Waals surface area contributed by atoms with Crippen LogP contribution >= 0.6 is 0 Å². The van der Waals surface area contributed by atoms with Gasteiger partial charge in [0.05, 0.1) is 12.7 Å². The molecule has 150 valence electrons. The van der Waals surface area contributed by atoms with Gasteiger partial charge < -0.3 is 9.73 Å². The second-order valence-electron chi connectivity index (χ2n) is 8.37. The van der Waals surface area contributed by atoms with Gasteiger partial charge in [-0.3, -0.25) is 9.69 Å². The molecule has 4 rings (SSSR count). The molecule has 1 amide bonds. The number of hydrogen-bond donors (Lipinski definition) is 1. The number of furan rings is 1. The molecule has 1 N–H and O–H groups in total. The first-order chi connectivity index (χ1) is 13.8. The molecule has 28 heavy (non-hydrogen) atoms. The average molecular weight is 381 g/mol. The Labute approximate surface area is 168 Å². The Balaban J connectivity index is 1.23. The molecular formula is C24H32N2O2. The number of para-hydroxylation sites is 1. The average Bonchev–Trinajstić information content (AvgIpc) is 3.08. The first-order valence-electron chi connectivity index (χ1n) is 10.9. The normalized spacial score (nSPS) is 19.8. The third-order valence-corrected chi connectivity index (χ3v) is 6.18. The number of piperidine rings is 1. The molecular weight excluding hydrogens is 348 g/mol. The van der Waals surface area contributed by atoms with E-state index in [0.717, 1.165) is 49.0 Å². The minimum atomic E-state index is 0.104. The molecule has 0 unspecified atom stereocenters. The van der Waals surface area contributed by atoms with E-state index in [1.165, 1.54) is 38.5 Å². The molecule has 0 radical (unpaired) electrons. The number of rotatable bonds is 5. The predicted molar refractivity (Wildman–Crippen MR) is 113 cm³/mol. The van der Waals surface area contributed by atoms with Crippen LogP contribution < -0.4 is 5.32 Å². The van der Waals surface area contributed by atoms with Crippen molar-refractivity contribution in [1.82, 2.24) is 10.2 Å². The number of carbonyl (C=O) groups is 1. The number of nitrogens with one attached hydrogen (secondary N) is 1. The van der Waals surface area contributed by atoms with E-state index in [1.807, 2.05) is 24.3 Å². The number of fused-ring (bicyclic) bond motifs is 1.